The first-order valence-electron chi connectivity index (χ1n) is 11.8. The molecule has 1 heterocycles. The Morgan fingerprint density at radius 1 is 1.11 bits per heavy atom. The molecule has 3 aromatic rings. The Hall–Kier alpha value is -3.42. The summed E-state index contributed by atoms with van der Waals surface area (Å²) < 4.78 is 47.5. The number of rotatable bonds is 8. The van der Waals surface area contributed by atoms with Gasteiger partial charge < -0.3 is 10.1 Å². The lowest BCUT2D eigenvalue weighted by atomic mass is 9.92. The Balaban J connectivity index is 1.77. The molecule has 0 bridgehead atoms. The molecule has 35 heavy (non-hydrogen) atoms. The van der Waals surface area contributed by atoms with E-state index in [2.05, 4.69) is 10.3 Å². The van der Waals surface area contributed by atoms with Crippen LogP contribution in [0.15, 0.2) is 42.6 Å². The van der Waals surface area contributed by atoms with Crippen molar-refractivity contribution in [3.63, 3.8) is 0 Å². The number of carbonyl (C=O) groups excluding carboxylic acids is 2. The SMILES string of the molecule is CCCCNC(=O)c1ccc(-c2cc3c(CC)c(C(=O)OC4CC4)cnc3cc2C(F)(F)F)cc1. The monoisotopic (exact) mass is 484 g/mol. The van der Waals surface area contributed by atoms with E-state index >= 15 is 0 Å². The van der Waals surface area contributed by atoms with Crippen molar-refractivity contribution in [3.8, 4) is 11.1 Å². The fourth-order valence-electron chi connectivity index (χ4n) is 4.01. The van der Waals surface area contributed by atoms with E-state index in [1.165, 1.54) is 36.5 Å². The van der Waals surface area contributed by atoms with Crippen molar-refractivity contribution in [2.45, 2.75) is 58.2 Å². The number of fused-ring (bicyclic) bond motifs is 1. The van der Waals surface area contributed by atoms with Gasteiger partial charge in [-0.2, -0.15) is 13.2 Å². The van der Waals surface area contributed by atoms with Crippen molar-refractivity contribution in [1.82, 2.24) is 10.3 Å². The number of nitrogens with zero attached hydrogens (tertiary/aromatic N) is 1. The second kappa shape index (κ2) is 10.1. The van der Waals surface area contributed by atoms with Crippen LogP contribution in [-0.2, 0) is 17.3 Å². The number of carbonyl (C=O) groups is 2. The van der Waals surface area contributed by atoms with Gasteiger partial charge in [0.2, 0.25) is 0 Å². The minimum Gasteiger partial charge on any atom is -0.459 e. The van der Waals surface area contributed by atoms with Crippen LogP contribution >= 0.6 is 0 Å². The van der Waals surface area contributed by atoms with Crippen molar-refractivity contribution in [3.05, 3.63) is 64.8 Å². The van der Waals surface area contributed by atoms with E-state index < -0.39 is 17.7 Å². The molecule has 0 aliphatic heterocycles. The number of halogens is 3. The Morgan fingerprint density at radius 2 is 1.83 bits per heavy atom. The summed E-state index contributed by atoms with van der Waals surface area (Å²) in [5.74, 6) is -0.769. The maximum atomic E-state index is 14.0. The summed E-state index contributed by atoms with van der Waals surface area (Å²) in [6.45, 7) is 4.39. The molecule has 1 amide bonds. The Kier molecular flexibility index (Phi) is 7.10. The lowest BCUT2D eigenvalue weighted by Crippen LogP contribution is -2.24. The molecule has 1 aliphatic carbocycles. The number of alkyl halides is 3. The first-order chi connectivity index (χ1) is 16.7. The number of esters is 1. The molecule has 0 unspecified atom stereocenters. The molecular weight excluding hydrogens is 457 g/mol. The number of ether oxygens (including phenoxy) is 1. The number of aromatic nitrogens is 1. The van der Waals surface area contributed by atoms with Crippen LogP contribution in [0, 0.1) is 0 Å². The minimum atomic E-state index is -4.61. The van der Waals surface area contributed by atoms with Gasteiger partial charge in [-0.25, -0.2) is 4.79 Å². The van der Waals surface area contributed by atoms with Gasteiger partial charge in [0, 0.05) is 23.7 Å². The van der Waals surface area contributed by atoms with Gasteiger partial charge >= 0.3 is 12.1 Å². The standard InChI is InChI=1S/C27H27F3N2O3/c1-3-5-12-31-25(33)17-8-6-16(7-9-17)20-13-21-19(4-2)22(26(34)35-18-10-11-18)15-32-24(21)14-23(20)27(28,29)30/h6-9,13-15,18H,3-5,10-12H2,1-2H3,(H,31,33). The summed E-state index contributed by atoms with van der Waals surface area (Å²) >= 11 is 0. The highest BCUT2D eigenvalue weighted by Gasteiger charge is 2.35. The Labute approximate surface area is 201 Å². The lowest BCUT2D eigenvalue weighted by molar-refractivity contribution is -0.137. The second-order valence-corrected chi connectivity index (χ2v) is 8.71. The molecule has 1 fully saturated rings. The molecule has 0 spiro atoms. The van der Waals surface area contributed by atoms with E-state index in [0.29, 0.717) is 35.0 Å². The second-order valence-electron chi connectivity index (χ2n) is 8.71. The van der Waals surface area contributed by atoms with Crippen molar-refractivity contribution in [2.75, 3.05) is 6.54 Å². The molecular formula is C27H27F3N2O3. The van der Waals surface area contributed by atoms with Gasteiger partial charge in [0.05, 0.1) is 16.6 Å². The number of benzene rings is 2. The van der Waals surface area contributed by atoms with Gasteiger partial charge in [-0.3, -0.25) is 9.78 Å². The predicted octanol–water partition coefficient (Wildman–Crippen LogP) is 6.33. The van der Waals surface area contributed by atoms with Crippen LogP contribution in [0.25, 0.3) is 22.0 Å². The lowest BCUT2D eigenvalue weighted by Gasteiger charge is -2.17. The molecule has 184 valence electrons. The zero-order valence-electron chi connectivity index (χ0n) is 19.7. The third-order valence-electron chi connectivity index (χ3n) is 6.07. The summed E-state index contributed by atoms with van der Waals surface area (Å²) in [6, 6.07) is 8.51. The van der Waals surface area contributed by atoms with Gasteiger partial charge in [0.15, 0.2) is 0 Å². The fraction of sp³-hybridized carbons (Fsp3) is 0.370. The van der Waals surface area contributed by atoms with Gasteiger partial charge in [-0.1, -0.05) is 32.4 Å². The first-order valence-corrected chi connectivity index (χ1v) is 11.8. The average Bonchev–Trinajstić information content (AvgIpc) is 3.66. The third-order valence-corrected chi connectivity index (χ3v) is 6.07. The Morgan fingerprint density at radius 3 is 2.43 bits per heavy atom. The van der Waals surface area contributed by atoms with Crippen molar-refractivity contribution in [1.29, 1.82) is 0 Å². The fourth-order valence-corrected chi connectivity index (χ4v) is 4.01. The normalized spacial score (nSPS) is 13.6. The number of hydrogen-bond acceptors (Lipinski definition) is 4. The molecule has 1 N–H and O–H groups in total. The Bertz CT molecular complexity index is 1250. The zero-order chi connectivity index (χ0) is 25.2. The van der Waals surface area contributed by atoms with Gasteiger partial charge in [-0.05, 0) is 66.6 Å². The highest BCUT2D eigenvalue weighted by Crippen LogP contribution is 2.40. The predicted molar refractivity (Wildman–Crippen MR) is 127 cm³/mol. The maximum absolute atomic E-state index is 14.0. The zero-order valence-corrected chi connectivity index (χ0v) is 19.7. The number of unbranched alkanes of at least 4 members (excludes halogenated alkanes) is 1. The third kappa shape index (κ3) is 5.47. The molecule has 0 radical (unpaired) electrons. The summed E-state index contributed by atoms with van der Waals surface area (Å²) in [7, 11) is 0. The topological polar surface area (TPSA) is 68.3 Å². The van der Waals surface area contributed by atoms with Crippen LogP contribution in [0.2, 0.25) is 0 Å². The van der Waals surface area contributed by atoms with E-state index in [9.17, 15) is 22.8 Å². The molecule has 4 rings (SSSR count). The minimum absolute atomic E-state index is 0.0350. The summed E-state index contributed by atoms with van der Waals surface area (Å²) in [5, 5.41) is 3.27. The largest absolute Gasteiger partial charge is 0.459 e. The maximum Gasteiger partial charge on any atom is 0.417 e. The van der Waals surface area contributed by atoms with Crippen LogP contribution < -0.4 is 5.32 Å². The molecule has 1 aliphatic rings. The van der Waals surface area contributed by atoms with E-state index in [1.807, 2.05) is 13.8 Å². The molecule has 1 saturated carbocycles. The summed E-state index contributed by atoms with van der Waals surface area (Å²) in [4.78, 5) is 29.1. The van der Waals surface area contributed by atoms with Crippen molar-refractivity contribution in [2.24, 2.45) is 0 Å². The highest BCUT2D eigenvalue weighted by molar-refractivity contribution is 5.99. The van der Waals surface area contributed by atoms with E-state index in [1.54, 1.807) is 0 Å². The number of hydrogen-bond donors (Lipinski definition) is 1. The van der Waals surface area contributed by atoms with Gasteiger partial charge in [0.25, 0.3) is 5.91 Å². The van der Waals surface area contributed by atoms with Crippen LogP contribution in [0.4, 0.5) is 13.2 Å². The molecule has 5 nitrogen and oxygen atoms in total. The van der Waals surface area contributed by atoms with Gasteiger partial charge in [-0.15, -0.1) is 0 Å². The van der Waals surface area contributed by atoms with Crippen LogP contribution in [0.3, 0.4) is 0 Å². The summed E-state index contributed by atoms with van der Waals surface area (Å²) in [6.07, 6.45) is 0.448. The van der Waals surface area contributed by atoms with Crippen LogP contribution in [0.5, 0.6) is 0 Å². The average molecular weight is 485 g/mol. The first kappa shape index (κ1) is 24.7. The molecule has 2 aromatic carbocycles. The number of pyridine rings is 1. The molecule has 0 atom stereocenters. The number of amides is 1. The molecule has 8 heteroatoms. The molecule has 0 saturated heterocycles. The van der Waals surface area contributed by atoms with Crippen LogP contribution in [-0.4, -0.2) is 29.5 Å². The number of nitrogens with one attached hydrogen (secondary N) is 1. The smallest absolute Gasteiger partial charge is 0.417 e. The van der Waals surface area contributed by atoms with E-state index in [4.69, 9.17) is 4.74 Å². The molecule has 1 aromatic heterocycles. The highest BCUT2D eigenvalue weighted by atomic mass is 19.4. The quantitative estimate of drug-likeness (QED) is 0.300. The van der Waals surface area contributed by atoms with Gasteiger partial charge in [0.1, 0.15) is 6.10 Å². The van der Waals surface area contributed by atoms with Crippen molar-refractivity contribution >= 4 is 22.8 Å². The van der Waals surface area contributed by atoms with E-state index in [0.717, 1.165) is 31.7 Å². The summed E-state index contributed by atoms with van der Waals surface area (Å²) in [5.41, 5.74) is 0.866. The number of aryl methyl sites for hydroxylation is 1. The van der Waals surface area contributed by atoms with Crippen LogP contribution in [0.1, 0.15) is 71.4 Å². The van der Waals surface area contributed by atoms with Crippen molar-refractivity contribution < 1.29 is 27.5 Å². The van der Waals surface area contributed by atoms with E-state index in [-0.39, 0.29) is 28.7 Å².